The molecule has 0 bridgehead atoms. The third kappa shape index (κ3) is 3.60. The van der Waals surface area contributed by atoms with Gasteiger partial charge in [-0.2, -0.15) is 0 Å². The second-order valence-corrected chi connectivity index (χ2v) is 7.76. The van der Waals surface area contributed by atoms with Crippen LogP contribution in [0.3, 0.4) is 0 Å². The quantitative estimate of drug-likeness (QED) is 0.567. The standard InChI is InChI=1S/C23H25NO3/c1-5-6-18-11-15(2)21(16(3)12-18)22-19(26)13-23(14-20(22)27)7-9-24(10-8-23)17(4)25/h7,9,11-12,22H,8,10,13-14H2,1-4H3. The van der Waals surface area contributed by atoms with E-state index in [4.69, 9.17) is 0 Å². The van der Waals surface area contributed by atoms with Gasteiger partial charge in [-0.1, -0.05) is 12.0 Å². The molecule has 2 aliphatic rings. The smallest absolute Gasteiger partial charge is 0.223 e. The molecule has 0 saturated heterocycles. The first-order chi connectivity index (χ1) is 12.8. The second-order valence-electron chi connectivity index (χ2n) is 7.76. The number of nitrogens with zero attached hydrogens (tertiary/aromatic N) is 1. The van der Waals surface area contributed by atoms with Crippen LogP contribution < -0.4 is 0 Å². The van der Waals surface area contributed by atoms with Gasteiger partial charge in [-0.25, -0.2) is 0 Å². The van der Waals surface area contributed by atoms with Crippen molar-refractivity contribution in [2.24, 2.45) is 5.41 Å². The fourth-order valence-corrected chi connectivity index (χ4v) is 4.41. The molecule has 140 valence electrons. The Labute approximate surface area is 160 Å². The number of amides is 1. The Hall–Kier alpha value is -2.67. The maximum atomic E-state index is 13.0. The van der Waals surface area contributed by atoms with E-state index in [0.717, 1.165) is 22.3 Å². The predicted octanol–water partition coefficient (Wildman–Crippen LogP) is 3.44. The van der Waals surface area contributed by atoms with Crippen molar-refractivity contribution < 1.29 is 14.4 Å². The molecule has 1 aromatic rings. The van der Waals surface area contributed by atoms with Crippen molar-refractivity contribution in [1.82, 2.24) is 4.90 Å². The molecule has 0 aromatic heterocycles. The van der Waals surface area contributed by atoms with Crippen LogP contribution in [0.25, 0.3) is 0 Å². The van der Waals surface area contributed by atoms with Crippen LogP contribution in [0.4, 0.5) is 0 Å². The highest BCUT2D eigenvalue weighted by molar-refractivity contribution is 6.11. The molecule has 1 aromatic carbocycles. The SMILES string of the molecule is CC#Cc1cc(C)c(C2C(=O)CC3(C=CN(C(C)=O)CC3)CC2=O)c(C)c1. The summed E-state index contributed by atoms with van der Waals surface area (Å²) in [6, 6.07) is 3.91. The molecular weight excluding hydrogens is 338 g/mol. The molecule has 1 aliphatic carbocycles. The van der Waals surface area contributed by atoms with Crippen LogP contribution >= 0.6 is 0 Å². The lowest BCUT2D eigenvalue weighted by molar-refractivity contribution is -0.136. The summed E-state index contributed by atoms with van der Waals surface area (Å²) in [6.45, 7) is 7.75. The van der Waals surface area contributed by atoms with Gasteiger partial charge in [0.05, 0.1) is 0 Å². The van der Waals surface area contributed by atoms with Crippen molar-refractivity contribution >= 4 is 17.5 Å². The highest BCUT2D eigenvalue weighted by atomic mass is 16.2. The van der Waals surface area contributed by atoms with Crippen LogP contribution in [-0.2, 0) is 14.4 Å². The minimum atomic E-state index is -0.682. The summed E-state index contributed by atoms with van der Waals surface area (Å²) in [5, 5.41) is 0. The number of rotatable bonds is 1. The Morgan fingerprint density at radius 1 is 1.15 bits per heavy atom. The highest BCUT2D eigenvalue weighted by Crippen LogP contribution is 2.45. The molecule has 4 nitrogen and oxygen atoms in total. The van der Waals surface area contributed by atoms with Crippen LogP contribution in [0.5, 0.6) is 0 Å². The van der Waals surface area contributed by atoms with E-state index in [9.17, 15) is 14.4 Å². The molecule has 1 saturated carbocycles. The fourth-order valence-electron chi connectivity index (χ4n) is 4.41. The van der Waals surface area contributed by atoms with Gasteiger partial charge in [-0.05, 0) is 56.0 Å². The summed E-state index contributed by atoms with van der Waals surface area (Å²) in [6.07, 6.45) is 4.98. The van der Waals surface area contributed by atoms with E-state index in [2.05, 4.69) is 11.8 Å². The van der Waals surface area contributed by atoms with Crippen molar-refractivity contribution in [3.8, 4) is 11.8 Å². The molecule has 0 atom stereocenters. The average Bonchev–Trinajstić information content (AvgIpc) is 2.57. The molecule has 0 unspecified atom stereocenters. The molecule has 1 heterocycles. The monoisotopic (exact) mass is 363 g/mol. The summed E-state index contributed by atoms with van der Waals surface area (Å²) >= 11 is 0. The van der Waals surface area contributed by atoms with Gasteiger partial charge in [0, 0.05) is 43.5 Å². The van der Waals surface area contributed by atoms with Crippen molar-refractivity contribution in [2.45, 2.75) is 52.9 Å². The molecule has 0 radical (unpaired) electrons. The fraction of sp³-hybridized carbons (Fsp3) is 0.435. The lowest BCUT2D eigenvalue weighted by atomic mass is 9.64. The zero-order chi connectivity index (χ0) is 19.8. The van der Waals surface area contributed by atoms with Gasteiger partial charge in [0.2, 0.25) is 5.91 Å². The van der Waals surface area contributed by atoms with Crippen molar-refractivity contribution in [1.29, 1.82) is 0 Å². The maximum absolute atomic E-state index is 13.0. The minimum Gasteiger partial charge on any atom is -0.320 e. The lowest BCUT2D eigenvalue weighted by Crippen LogP contribution is -2.43. The first kappa shape index (κ1) is 19.1. The van der Waals surface area contributed by atoms with E-state index in [1.807, 2.05) is 32.1 Å². The van der Waals surface area contributed by atoms with Gasteiger partial charge in [0.15, 0.2) is 0 Å². The van der Waals surface area contributed by atoms with Gasteiger partial charge < -0.3 is 4.90 Å². The Kier molecular flexibility index (Phi) is 5.06. The molecule has 1 fully saturated rings. The Bertz CT molecular complexity index is 872. The highest BCUT2D eigenvalue weighted by Gasteiger charge is 2.46. The number of hydrogen-bond acceptors (Lipinski definition) is 3. The van der Waals surface area contributed by atoms with Crippen molar-refractivity contribution in [3.05, 3.63) is 46.7 Å². The predicted molar refractivity (Wildman–Crippen MR) is 104 cm³/mol. The zero-order valence-corrected chi connectivity index (χ0v) is 16.4. The number of carbonyl (C=O) groups is 3. The normalized spacial score (nSPS) is 24.7. The Morgan fingerprint density at radius 3 is 2.19 bits per heavy atom. The number of ketones is 2. The molecular formula is C23H25NO3. The number of Topliss-reactive ketones (excluding diaryl/α,β-unsaturated/α-hetero) is 2. The average molecular weight is 363 g/mol. The van der Waals surface area contributed by atoms with E-state index in [1.165, 1.54) is 6.92 Å². The van der Waals surface area contributed by atoms with E-state index in [-0.39, 0.29) is 17.5 Å². The van der Waals surface area contributed by atoms with Gasteiger partial charge in [-0.15, -0.1) is 5.92 Å². The van der Waals surface area contributed by atoms with Crippen LogP contribution in [0, 0.1) is 31.1 Å². The van der Waals surface area contributed by atoms with Crippen molar-refractivity contribution in [2.75, 3.05) is 6.54 Å². The Morgan fingerprint density at radius 2 is 1.74 bits per heavy atom. The van der Waals surface area contributed by atoms with E-state index in [0.29, 0.717) is 25.8 Å². The first-order valence-electron chi connectivity index (χ1n) is 9.32. The van der Waals surface area contributed by atoms with E-state index < -0.39 is 11.3 Å². The zero-order valence-electron chi connectivity index (χ0n) is 16.4. The van der Waals surface area contributed by atoms with Gasteiger partial charge in [0.1, 0.15) is 17.5 Å². The van der Waals surface area contributed by atoms with Crippen LogP contribution in [0.2, 0.25) is 0 Å². The largest absolute Gasteiger partial charge is 0.320 e. The number of carbonyl (C=O) groups excluding carboxylic acids is 3. The summed E-state index contributed by atoms with van der Waals surface area (Å²) in [5.41, 5.74) is 3.19. The second kappa shape index (κ2) is 7.15. The van der Waals surface area contributed by atoms with Crippen molar-refractivity contribution in [3.63, 3.8) is 0 Å². The lowest BCUT2D eigenvalue weighted by Gasteiger charge is -2.40. The Balaban J connectivity index is 1.91. The van der Waals surface area contributed by atoms with Crippen LogP contribution in [-0.4, -0.2) is 28.9 Å². The van der Waals surface area contributed by atoms with Gasteiger partial charge >= 0.3 is 0 Å². The van der Waals surface area contributed by atoms with Gasteiger partial charge in [-0.3, -0.25) is 14.4 Å². The topological polar surface area (TPSA) is 54.5 Å². The summed E-state index contributed by atoms with van der Waals surface area (Å²) < 4.78 is 0. The molecule has 3 rings (SSSR count). The molecule has 27 heavy (non-hydrogen) atoms. The molecule has 1 aliphatic heterocycles. The maximum Gasteiger partial charge on any atom is 0.223 e. The third-order valence-electron chi connectivity index (χ3n) is 5.71. The molecule has 0 N–H and O–H groups in total. The molecule has 1 amide bonds. The number of allylic oxidation sites excluding steroid dienone is 1. The summed E-state index contributed by atoms with van der Waals surface area (Å²) in [4.78, 5) is 39.2. The number of aryl methyl sites for hydroxylation is 2. The van der Waals surface area contributed by atoms with Crippen LogP contribution in [0.1, 0.15) is 61.3 Å². The third-order valence-corrected chi connectivity index (χ3v) is 5.71. The molecule has 1 spiro atoms. The molecule has 4 heteroatoms. The van der Waals surface area contributed by atoms with E-state index in [1.54, 1.807) is 18.0 Å². The summed E-state index contributed by atoms with van der Waals surface area (Å²) in [7, 11) is 0. The number of benzene rings is 1. The first-order valence-corrected chi connectivity index (χ1v) is 9.32. The minimum absolute atomic E-state index is 0.0195. The number of hydrogen-bond donors (Lipinski definition) is 0. The van der Waals surface area contributed by atoms with E-state index >= 15 is 0 Å². The summed E-state index contributed by atoms with van der Waals surface area (Å²) in [5.74, 6) is 5.18. The van der Waals surface area contributed by atoms with Gasteiger partial charge in [0.25, 0.3) is 0 Å². The van der Waals surface area contributed by atoms with Crippen LogP contribution in [0.15, 0.2) is 24.4 Å².